The quantitative estimate of drug-likeness (QED) is 0.446. The van der Waals surface area contributed by atoms with E-state index in [-0.39, 0.29) is 10.6 Å². The second-order valence-corrected chi connectivity index (χ2v) is 6.31. The summed E-state index contributed by atoms with van der Waals surface area (Å²) in [5.74, 6) is 0. The molecule has 0 aromatic carbocycles. The molecular weight excluding hydrogens is 152 g/mol. The van der Waals surface area contributed by atoms with Crippen molar-refractivity contribution in [2.24, 2.45) is 0 Å². The summed E-state index contributed by atoms with van der Waals surface area (Å²) in [6.07, 6.45) is 0. The number of hydrogen-bond donors (Lipinski definition) is 0. The van der Waals surface area contributed by atoms with Gasteiger partial charge in [0.2, 0.25) is 0 Å². The molecule has 0 aliphatic heterocycles. The maximum atomic E-state index is 5.72. The van der Waals surface area contributed by atoms with E-state index in [4.69, 9.17) is 16.0 Å². The molecule has 1 nitrogen and oxygen atoms in total. The van der Waals surface area contributed by atoms with Gasteiger partial charge in [0.15, 0.2) is 9.76 Å². The van der Waals surface area contributed by atoms with E-state index in [0.717, 1.165) is 0 Å². The van der Waals surface area contributed by atoms with Gasteiger partial charge in [-0.15, -0.1) is 11.6 Å². The van der Waals surface area contributed by atoms with E-state index in [2.05, 4.69) is 20.8 Å². The van der Waals surface area contributed by atoms with Crippen molar-refractivity contribution in [2.45, 2.75) is 38.3 Å². The van der Waals surface area contributed by atoms with Gasteiger partial charge in [-0.2, -0.15) is 0 Å². The minimum Gasteiger partial charge on any atom is -0.418 e. The van der Waals surface area contributed by atoms with Crippen LogP contribution < -0.4 is 0 Å². The summed E-state index contributed by atoms with van der Waals surface area (Å²) in [4.78, 5) is 0. The second-order valence-electron chi connectivity index (χ2n) is 3.20. The summed E-state index contributed by atoms with van der Waals surface area (Å²) in [6, 6.07) is 0. The Hall–Kier alpha value is 0.467. The van der Waals surface area contributed by atoms with Crippen LogP contribution in [0.1, 0.15) is 27.7 Å². The van der Waals surface area contributed by atoms with Crippen molar-refractivity contribution in [1.29, 1.82) is 0 Å². The summed E-state index contributed by atoms with van der Waals surface area (Å²) < 4.78 is 5.50. The molecule has 0 saturated heterocycles. The highest BCUT2D eigenvalue weighted by atomic mass is 35.5. The minimum absolute atomic E-state index is 0.00930. The molecule has 0 aliphatic rings. The van der Waals surface area contributed by atoms with Crippen LogP contribution >= 0.6 is 11.6 Å². The lowest BCUT2D eigenvalue weighted by atomic mass is 10.2. The molecule has 0 spiro atoms. The summed E-state index contributed by atoms with van der Waals surface area (Å²) >= 11 is 5.72. The molecule has 0 amide bonds. The van der Waals surface area contributed by atoms with Crippen LogP contribution in [0.5, 0.6) is 0 Å². The zero-order valence-corrected chi connectivity index (χ0v) is 8.74. The fraction of sp³-hybridized carbons (Fsp3) is 1.00. The van der Waals surface area contributed by atoms with Crippen LogP contribution in [-0.4, -0.2) is 20.4 Å². The lowest BCUT2D eigenvalue weighted by molar-refractivity contribution is 0.138. The average Bonchev–Trinajstić information content (AvgIpc) is 1.59. The third-order valence-corrected chi connectivity index (χ3v) is 2.62. The van der Waals surface area contributed by atoms with Gasteiger partial charge >= 0.3 is 0 Å². The lowest BCUT2D eigenvalue weighted by Crippen LogP contribution is -2.25. The summed E-state index contributed by atoms with van der Waals surface area (Å²) in [7, 11) is -0.493. The highest BCUT2D eigenvalue weighted by Crippen LogP contribution is 2.06. The molecule has 0 N–H and O–H groups in total. The van der Waals surface area contributed by atoms with Crippen molar-refractivity contribution < 1.29 is 4.43 Å². The van der Waals surface area contributed by atoms with E-state index in [9.17, 15) is 0 Å². The molecule has 56 valence electrons. The Morgan fingerprint density at radius 3 is 2.00 bits per heavy atom. The first-order valence-electron chi connectivity index (χ1n) is 3.20. The lowest BCUT2D eigenvalue weighted by Gasteiger charge is -2.20. The number of hydrogen-bond acceptors (Lipinski definition) is 1. The zero-order valence-electron chi connectivity index (χ0n) is 6.57. The first-order chi connectivity index (χ1) is 3.92. The maximum absolute atomic E-state index is 5.72. The Morgan fingerprint density at radius 1 is 1.44 bits per heavy atom. The summed E-state index contributed by atoms with van der Waals surface area (Å²) in [6.45, 7) is 8.15. The molecule has 9 heavy (non-hydrogen) atoms. The van der Waals surface area contributed by atoms with Crippen LogP contribution in [0, 0.1) is 0 Å². The van der Waals surface area contributed by atoms with Crippen LogP contribution in [0.2, 0.25) is 0 Å². The van der Waals surface area contributed by atoms with Gasteiger partial charge in [-0.3, -0.25) is 0 Å². The molecular formula is C6H15ClOSi. The zero-order chi connectivity index (χ0) is 7.49. The molecule has 0 saturated carbocycles. The Bertz CT molecular complexity index is 77.6. The van der Waals surface area contributed by atoms with E-state index in [1.54, 1.807) is 0 Å². The highest BCUT2D eigenvalue weighted by molar-refractivity contribution is 6.48. The van der Waals surface area contributed by atoms with Crippen molar-refractivity contribution in [2.75, 3.05) is 0 Å². The Kier molecular flexibility index (Phi) is 3.78. The van der Waals surface area contributed by atoms with Gasteiger partial charge < -0.3 is 4.43 Å². The molecule has 0 aromatic heterocycles. The van der Waals surface area contributed by atoms with Crippen LogP contribution in [0.3, 0.4) is 0 Å². The van der Waals surface area contributed by atoms with E-state index >= 15 is 0 Å². The molecule has 0 rings (SSSR count). The number of halogens is 1. The van der Waals surface area contributed by atoms with Crippen molar-refractivity contribution in [3.63, 3.8) is 0 Å². The molecule has 0 radical (unpaired) electrons. The number of alkyl halides is 1. The van der Waals surface area contributed by atoms with Gasteiger partial charge in [-0.1, -0.05) is 0 Å². The van der Waals surface area contributed by atoms with Gasteiger partial charge in [0.25, 0.3) is 0 Å². The molecule has 0 fully saturated rings. The Balaban J connectivity index is 3.28. The van der Waals surface area contributed by atoms with Crippen molar-refractivity contribution >= 4 is 21.4 Å². The fourth-order valence-electron chi connectivity index (χ4n) is 0.365. The second kappa shape index (κ2) is 3.59. The molecule has 1 unspecified atom stereocenters. The molecule has 1 atom stereocenters. The standard InChI is InChI=1S/C6H15ClOSi/c1-5(7)9-8-6(2,3)4/h5H,9H2,1-4H3. The predicted molar refractivity (Wildman–Crippen MR) is 44.7 cm³/mol. The summed E-state index contributed by atoms with van der Waals surface area (Å²) in [5.41, 5.74) is 0.00930. The molecule has 0 bridgehead atoms. The van der Waals surface area contributed by atoms with E-state index in [1.165, 1.54) is 0 Å². The summed E-state index contributed by atoms with van der Waals surface area (Å²) in [5, 5.41) is 0.254. The topological polar surface area (TPSA) is 9.23 Å². The van der Waals surface area contributed by atoms with Crippen molar-refractivity contribution in [3.8, 4) is 0 Å². The third kappa shape index (κ3) is 8.47. The molecule has 0 aromatic rings. The highest BCUT2D eigenvalue weighted by Gasteiger charge is 2.10. The van der Waals surface area contributed by atoms with E-state index in [1.807, 2.05) is 6.92 Å². The van der Waals surface area contributed by atoms with Crippen LogP contribution in [0.25, 0.3) is 0 Å². The SMILES string of the molecule is CC(Cl)[SiH2]OC(C)(C)C. The van der Waals surface area contributed by atoms with E-state index < -0.39 is 9.76 Å². The monoisotopic (exact) mass is 166 g/mol. The van der Waals surface area contributed by atoms with Crippen LogP contribution in [-0.2, 0) is 4.43 Å². The third-order valence-electron chi connectivity index (χ3n) is 0.746. The van der Waals surface area contributed by atoms with E-state index in [0.29, 0.717) is 0 Å². The van der Waals surface area contributed by atoms with Crippen LogP contribution in [0.15, 0.2) is 0 Å². The van der Waals surface area contributed by atoms with Crippen molar-refractivity contribution in [1.82, 2.24) is 0 Å². The van der Waals surface area contributed by atoms with Gasteiger partial charge in [0.1, 0.15) is 0 Å². The Labute approximate surface area is 64.7 Å². The molecule has 0 heterocycles. The van der Waals surface area contributed by atoms with Gasteiger partial charge in [-0.25, -0.2) is 0 Å². The van der Waals surface area contributed by atoms with Gasteiger partial charge in [0, 0.05) is 10.6 Å². The maximum Gasteiger partial charge on any atom is 0.179 e. The average molecular weight is 167 g/mol. The first-order valence-corrected chi connectivity index (χ1v) is 5.03. The van der Waals surface area contributed by atoms with Crippen molar-refractivity contribution in [3.05, 3.63) is 0 Å². The van der Waals surface area contributed by atoms with Gasteiger partial charge in [0.05, 0.1) is 0 Å². The minimum atomic E-state index is -0.493. The fourth-order valence-corrected chi connectivity index (χ4v) is 1.28. The van der Waals surface area contributed by atoms with Gasteiger partial charge in [-0.05, 0) is 27.7 Å². The molecule has 0 aliphatic carbocycles. The predicted octanol–water partition coefficient (Wildman–Crippen LogP) is 1.47. The normalized spacial score (nSPS) is 17.0. The molecule has 3 heteroatoms. The Morgan fingerprint density at radius 2 is 1.89 bits per heavy atom. The number of rotatable bonds is 2. The largest absolute Gasteiger partial charge is 0.418 e. The first kappa shape index (κ1) is 9.47. The smallest absolute Gasteiger partial charge is 0.179 e. The van der Waals surface area contributed by atoms with Crippen LogP contribution in [0.4, 0.5) is 0 Å².